The van der Waals surface area contributed by atoms with E-state index < -0.39 is 0 Å². The topological polar surface area (TPSA) is 61.4 Å². The van der Waals surface area contributed by atoms with Gasteiger partial charge >= 0.3 is 0 Å². The highest BCUT2D eigenvalue weighted by molar-refractivity contribution is 5.78. The van der Waals surface area contributed by atoms with E-state index in [-0.39, 0.29) is 11.9 Å². The van der Waals surface area contributed by atoms with Crippen molar-refractivity contribution < 1.29 is 4.79 Å². The molecule has 1 saturated carbocycles. The second-order valence-corrected chi connectivity index (χ2v) is 7.67. The Bertz CT molecular complexity index is 563. The second-order valence-electron chi connectivity index (χ2n) is 7.67. The summed E-state index contributed by atoms with van der Waals surface area (Å²) in [7, 11) is 0. The maximum absolute atomic E-state index is 11.9. The van der Waals surface area contributed by atoms with Gasteiger partial charge in [-0.1, -0.05) is 19.3 Å². The molecule has 0 unspecified atom stereocenters. The number of nitrogens with zero attached hydrogens (tertiary/aromatic N) is 4. The number of aromatic nitrogens is 2. The molecule has 25 heavy (non-hydrogen) atoms. The van der Waals surface area contributed by atoms with E-state index in [1.165, 1.54) is 37.7 Å². The van der Waals surface area contributed by atoms with Gasteiger partial charge in [0.2, 0.25) is 5.91 Å². The standard InChI is InChI=1S/C19H31N5O/c1-15(2)21-19(25)14-23-8-10-24(11-9-23)18-12-17(13-20-22-18)16-6-4-3-5-7-16/h12-13,15-16H,3-11,14H2,1-2H3,(H,21,25). The number of nitrogens with one attached hydrogen (secondary N) is 1. The fraction of sp³-hybridized carbons (Fsp3) is 0.737. The lowest BCUT2D eigenvalue weighted by Gasteiger charge is -2.35. The number of amides is 1. The Balaban J connectivity index is 1.53. The van der Waals surface area contributed by atoms with Gasteiger partial charge in [-0.05, 0) is 44.2 Å². The van der Waals surface area contributed by atoms with Gasteiger partial charge in [0.1, 0.15) is 0 Å². The summed E-state index contributed by atoms with van der Waals surface area (Å²) in [6.07, 6.45) is 8.55. The Morgan fingerprint density at radius 2 is 1.92 bits per heavy atom. The molecule has 1 aromatic heterocycles. The highest BCUT2D eigenvalue weighted by Gasteiger charge is 2.22. The summed E-state index contributed by atoms with van der Waals surface area (Å²) in [5, 5.41) is 11.6. The summed E-state index contributed by atoms with van der Waals surface area (Å²) in [4.78, 5) is 16.4. The van der Waals surface area contributed by atoms with E-state index in [1.807, 2.05) is 20.0 Å². The average Bonchev–Trinajstić information content (AvgIpc) is 2.62. The Morgan fingerprint density at radius 3 is 2.60 bits per heavy atom. The molecular weight excluding hydrogens is 314 g/mol. The highest BCUT2D eigenvalue weighted by atomic mass is 16.2. The van der Waals surface area contributed by atoms with Crippen LogP contribution in [0.4, 0.5) is 5.82 Å². The Labute approximate surface area is 151 Å². The van der Waals surface area contributed by atoms with Crippen molar-refractivity contribution in [3.63, 3.8) is 0 Å². The molecule has 1 aliphatic carbocycles. The Morgan fingerprint density at radius 1 is 1.20 bits per heavy atom. The lowest BCUT2D eigenvalue weighted by Crippen LogP contribution is -2.50. The maximum atomic E-state index is 11.9. The third-order valence-corrected chi connectivity index (χ3v) is 5.25. The smallest absolute Gasteiger partial charge is 0.234 e. The number of rotatable bonds is 5. The fourth-order valence-corrected chi connectivity index (χ4v) is 3.89. The molecule has 0 bridgehead atoms. The van der Waals surface area contributed by atoms with Gasteiger partial charge in [-0.2, -0.15) is 5.10 Å². The molecular formula is C19H31N5O. The summed E-state index contributed by atoms with van der Waals surface area (Å²) in [5.41, 5.74) is 1.35. The monoisotopic (exact) mass is 345 g/mol. The molecule has 2 heterocycles. The molecule has 0 atom stereocenters. The zero-order valence-electron chi connectivity index (χ0n) is 15.6. The zero-order chi connectivity index (χ0) is 17.6. The van der Waals surface area contributed by atoms with Gasteiger partial charge in [-0.25, -0.2) is 0 Å². The second kappa shape index (κ2) is 8.61. The molecule has 0 radical (unpaired) electrons. The molecule has 138 valence electrons. The van der Waals surface area contributed by atoms with E-state index in [2.05, 4.69) is 31.4 Å². The van der Waals surface area contributed by atoms with Crippen molar-refractivity contribution in [1.29, 1.82) is 0 Å². The first-order valence-electron chi connectivity index (χ1n) is 9.71. The van der Waals surface area contributed by atoms with Gasteiger partial charge in [0.05, 0.1) is 12.7 Å². The average molecular weight is 345 g/mol. The van der Waals surface area contributed by atoms with E-state index in [0.717, 1.165) is 32.0 Å². The minimum atomic E-state index is 0.113. The quantitative estimate of drug-likeness (QED) is 0.886. The number of hydrogen-bond donors (Lipinski definition) is 1. The van der Waals surface area contributed by atoms with Crippen LogP contribution in [0.2, 0.25) is 0 Å². The molecule has 2 fully saturated rings. The first-order chi connectivity index (χ1) is 12.1. The normalized spacial score (nSPS) is 20.0. The minimum Gasteiger partial charge on any atom is -0.353 e. The van der Waals surface area contributed by atoms with Gasteiger partial charge in [-0.15, -0.1) is 5.10 Å². The van der Waals surface area contributed by atoms with Crippen molar-refractivity contribution in [3.05, 3.63) is 17.8 Å². The molecule has 6 heteroatoms. The van der Waals surface area contributed by atoms with Crippen LogP contribution in [-0.2, 0) is 4.79 Å². The summed E-state index contributed by atoms with van der Waals surface area (Å²) in [6.45, 7) is 8.05. The summed E-state index contributed by atoms with van der Waals surface area (Å²) >= 11 is 0. The molecule has 1 amide bonds. The predicted molar refractivity (Wildman–Crippen MR) is 99.8 cm³/mol. The van der Waals surface area contributed by atoms with Crippen LogP contribution in [0.15, 0.2) is 12.3 Å². The van der Waals surface area contributed by atoms with Crippen molar-refractivity contribution in [3.8, 4) is 0 Å². The number of carbonyl (C=O) groups excluding carboxylic acids is 1. The van der Waals surface area contributed by atoms with Gasteiger partial charge < -0.3 is 10.2 Å². The van der Waals surface area contributed by atoms with Crippen molar-refractivity contribution in [1.82, 2.24) is 20.4 Å². The molecule has 6 nitrogen and oxygen atoms in total. The van der Waals surface area contributed by atoms with Crippen molar-refractivity contribution in [2.24, 2.45) is 0 Å². The lowest BCUT2D eigenvalue weighted by molar-refractivity contribution is -0.122. The van der Waals surface area contributed by atoms with Crippen molar-refractivity contribution >= 4 is 11.7 Å². The zero-order valence-corrected chi connectivity index (χ0v) is 15.6. The number of piperazine rings is 1. The highest BCUT2D eigenvalue weighted by Crippen LogP contribution is 2.33. The number of hydrogen-bond acceptors (Lipinski definition) is 5. The molecule has 1 aromatic rings. The largest absolute Gasteiger partial charge is 0.353 e. The predicted octanol–water partition coefficient (Wildman–Crippen LogP) is 2.17. The van der Waals surface area contributed by atoms with Gasteiger partial charge in [-0.3, -0.25) is 9.69 Å². The molecule has 0 spiro atoms. The van der Waals surface area contributed by atoms with Gasteiger partial charge in [0, 0.05) is 32.2 Å². The first-order valence-corrected chi connectivity index (χ1v) is 9.71. The summed E-state index contributed by atoms with van der Waals surface area (Å²) < 4.78 is 0. The van der Waals surface area contributed by atoms with Gasteiger partial charge in [0.15, 0.2) is 5.82 Å². The van der Waals surface area contributed by atoms with E-state index in [4.69, 9.17) is 0 Å². The van der Waals surface area contributed by atoms with Crippen LogP contribution in [0.3, 0.4) is 0 Å². The van der Waals surface area contributed by atoms with E-state index in [9.17, 15) is 4.79 Å². The SMILES string of the molecule is CC(C)NC(=O)CN1CCN(c2cc(C3CCCCC3)cnn2)CC1. The molecule has 2 aliphatic rings. The minimum absolute atomic E-state index is 0.113. The summed E-state index contributed by atoms with van der Waals surface area (Å²) in [5.74, 6) is 1.76. The third kappa shape index (κ3) is 5.14. The Hall–Kier alpha value is -1.69. The van der Waals surface area contributed by atoms with E-state index >= 15 is 0 Å². The summed E-state index contributed by atoms with van der Waals surface area (Å²) in [6, 6.07) is 2.44. The third-order valence-electron chi connectivity index (χ3n) is 5.25. The van der Waals surface area contributed by atoms with E-state index in [1.54, 1.807) is 0 Å². The molecule has 1 aliphatic heterocycles. The van der Waals surface area contributed by atoms with Crippen LogP contribution >= 0.6 is 0 Å². The van der Waals surface area contributed by atoms with Crippen LogP contribution in [-0.4, -0.2) is 59.8 Å². The van der Waals surface area contributed by atoms with Crippen LogP contribution < -0.4 is 10.2 Å². The van der Waals surface area contributed by atoms with Crippen LogP contribution in [0.5, 0.6) is 0 Å². The number of carbonyl (C=O) groups is 1. The van der Waals surface area contributed by atoms with Crippen molar-refractivity contribution in [2.45, 2.75) is 57.9 Å². The lowest BCUT2D eigenvalue weighted by atomic mass is 9.85. The molecule has 1 N–H and O–H groups in total. The fourth-order valence-electron chi connectivity index (χ4n) is 3.89. The maximum Gasteiger partial charge on any atom is 0.234 e. The van der Waals surface area contributed by atoms with Crippen LogP contribution in [0, 0.1) is 0 Å². The van der Waals surface area contributed by atoms with Crippen molar-refractivity contribution in [2.75, 3.05) is 37.6 Å². The molecule has 0 aromatic carbocycles. The number of anilines is 1. The molecule has 1 saturated heterocycles. The van der Waals surface area contributed by atoms with E-state index in [0.29, 0.717) is 12.5 Å². The molecule has 3 rings (SSSR count). The first kappa shape index (κ1) is 18.1. The van der Waals surface area contributed by atoms with Crippen LogP contribution in [0.25, 0.3) is 0 Å². The van der Waals surface area contributed by atoms with Crippen LogP contribution in [0.1, 0.15) is 57.4 Å². The Kier molecular flexibility index (Phi) is 6.24. The van der Waals surface area contributed by atoms with Gasteiger partial charge in [0.25, 0.3) is 0 Å².